The van der Waals surface area contributed by atoms with E-state index >= 15 is 0 Å². The zero-order valence-electron chi connectivity index (χ0n) is 10.9. The smallest absolute Gasteiger partial charge is 0.339 e. The Morgan fingerprint density at radius 2 is 2.30 bits per heavy atom. The zero-order chi connectivity index (χ0) is 14.5. The van der Waals surface area contributed by atoms with Crippen LogP contribution in [0.3, 0.4) is 0 Å². The molecule has 0 saturated carbocycles. The molecule has 0 aliphatic carbocycles. The Bertz CT molecular complexity index is 612. The van der Waals surface area contributed by atoms with Crippen LogP contribution in [-0.4, -0.2) is 16.1 Å². The summed E-state index contributed by atoms with van der Waals surface area (Å²) in [5.74, 6) is -0.781. The number of benzene rings is 1. The molecule has 0 saturated heterocycles. The van der Waals surface area contributed by atoms with Gasteiger partial charge >= 0.3 is 5.97 Å². The van der Waals surface area contributed by atoms with Gasteiger partial charge in [-0.05, 0) is 31.0 Å². The molecular weight excluding hydrogens is 298 g/mol. The maximum atomic E-state index is 11.1. The van der Waals surface area contributed by atoms with Gasteiger partial charge in [0.1, 0.15) is 17.9 Å². The summed E-state index contributed by atoms with van der Waals surface area (Å²) in [7, 11) is 0. The molecule has 0 fully saturated rings. The molecule has 1 aromatic carbocycles. The quantitative estimate of drug-likeness (QED) is 0.875. The van der Waals surface area contributed by atoms with Crippen molar-refractivity contribution in [3.05, 3.63) is 44.9 Å². The first-order valence-electron chi connectivity index (χ1n) is 6.19. The summed E-state index contributed by atoms with van der Waals surface area (Å²) >= 11 is 7.45. The van der Waals surface area contributed by atoms with Gasteiger partial charge in [0.05, 0.1) is 10.7 Å². The summed E-state index contributed by atoms with van der Waals surface area (Å²) in [5.41, 5.74) is 0.896. The van der Waals surface area contributed by atoms with Crippen LogP contribution < -0.4 is 4.74 Å². The summed E-state index contributed by atoms with van der Waals surface area (Å²) in [6, 6.07) is 4.47. The second kappa shape index (κ2) is 6.72. The first-order chi connectivity index (χ1) is 9.60. The molecule has 0 atom stereocenters. The molecule has 1 aromatic heterocycles. The predicted octanol–water partition coefficient (Wildman–Crippen LogP) is 4.03. The van der Waals surface area contributed by atoms with Gasteiger partial charge < -0.3 is 9.84 Å². The van der Waals surface area contributed by atoms with Gasteiger partial charge in [-0.3, -0.25) is 0 Å². The van der Waals surface area contributed by atoms with Gasteiger partial charge in [0.25, 0.3) is 0 Å². The van der Waals surface area contributed by atoms with Gasteiger partial charge in [-0.25, -0.2) is 9.78 Å². The third kappa shape index (κ3) is 3.71. The van der Waals surface area contributed by atoms with Gasteiger partial charge in [0, 0.05) is 10.4 Å². The van der Waals surface area contributed by atoms with Gasteiger partial charge in [0.15, 0.2) is 0 Å². The van der Waals surface area contributed by atoms with E-state index < -0.39 is 5.97 Å². The number of carboxylic acid groups (broad SMARTS) is 1. The summed E-state index contributed by atoms with van der Waals surface area (Å²) in [4.78, 5) is 15.5. The fraction of sp³-hybridized carbons (Fsp3) is 0.286. The van der Waals surface area contributed by atoms with Gasteiger partial charge in [0.2, 0.25) is 0 Å². The third-order valence-corrected chi connectivity index (χ3v) is 3.81. The standard InChI is InChI=1S/C14H14ClNO3S/c1-2-3-13-16-10(8-20-13)7-19-12-6-9(15)4-5-11(12)14(17)18/h4-6,8H,2-3,7H2,1H3,(H,17,18). The number of nitrogens with zero attached hydrogens (tertiary/aromatic N) is 1. The lowest BCUT2D eigenvalue weighted by atomic mass is 10.2. The molecule has 2 rings (SSSR count). The second-order valence-corrected chi connectivity index (χ2v) is 5.60. The molecule has 6 heteroatoms. The summed E-state index contributed by atoms with van der Waals surface area (Å²) < 4.78 is 5.54. The predicted molar refractivity (Wildman–Crippen MR) is 78.9 cm³/mol. The Kier molecular flexibility index (Phi) is 4.98. The number of carbonyl (C=O) groups is 1. The van der Waals surface area contributed by atoms with Crippen LogP contribution in [-0.2, 0) is 13.0 Å². The van der Waals surface area contributed by atoms with Crippen LogP contribution in [0.2, 0.25) is 5.02 Å². The van der Waals surface area contributed by atoms with Crippen LogP contribution in [0, 0.1) is 0 Å². The van der Waals surface area contributed by atoms with Crippen molar-refractivity contribution in [1.82, 2.24) is 4.98 Å². The molecule has 0 aliphatic rings. The first-order valence-corrected chi connectivity index (χ1v) is 7.45. The lowest BCUT2D eigenvalue weighted by molar-refractivity contribution is 0.0691. The average Bonchev–Trinajstić information content (AvgIpc) is 2.84. The fourth-order valence-electron chi connectivity index (χ4n) is 1.69. The van der Waals surface area contributed by atoms with Crippen LogP contribution in [0.5, 0.6) is 5.75 Å². The Balaban J connectivity index is 2.09. The zero-order valence-corrected chi connectivity index (χ0v) is 12.5. The highest BCUT2D eigenvalue weighted by Gasteiger charge is 2.12. The highest BCUT2D eigenvalue weighted by molar-refractivity contribution is 7.09. The number of carboxylic acids is 1. The molecular formula is C14H14ClNO3S. The number of halogens is 1. The average molecular weight is 312 g/mol. The van der Waals surface area contributed by atoms with Crippen molar-refractivity contribution >= 4 is 28.9 Å². The Morgan fingerprint density at radius 3 is 3.00 bits per heavy atom. The topological polar surface area (TPSA) is 59.4 Å². The molecule has 4 nitrogen and oxygen atoms in total. The molecule has 106 valence electrons. The van der Waals surface area contributed by atoms with Gasteiger partial charge in [-0.15, -0.1) is 11.3 Å². The normalized spacial score (nSPS) is 10.5. The molecule has 0 radical (unpaired) electrons. The summed E-state index contributed by atoms with van der Waals surface area (Å²) in [5, 5.41) is 12.5. The Labute approximate surface area is 126 Å². The van der Waals surface area contributed by atoms with E-state index in [4.69, 9.17) is 21.4 Å². The van der Waals surface area contributed by atoms with Crippen molar-refractivity contribution in [1.29, 1.82) is 0 Å². The molecule has 0 amide bonds. The third-order valence-electron chi connectivity index (χ3n) is 2.61. The van der Waals surface area contributed by atoms with Crippen LogP contribution in [0.25, 0.3) is 0 Å². The Morgan fingerprint density at radius 1 is 1.50 bits per heavy atom. The number of hydrogen-bond donors (Lipinski definition) is 1. The number of rotatable bonds is 6. The Hall–Kier alpha value is -1.59. The molecule has 1 N–H and O–H groups in total. The number of aryl methyl sites for hydroxylation is 1. The van der Waals surface area contributed by atoms with Crippen molar-refractivity contribution in [3.63, 3.8) is 0 Å². The van der Waals surface area contributed by atoms with Gasteiger partial charge in [-0.2, -0.15) is 0 Å². The van der Waals surface area contributed by atoms with Crippen LogP contribution >= 0.6 is 22.9 Å². The van der Waals surface area contributed by atoms with Crippen molar-refractivity contribution in [2.75, 3.05) is 0 Å². The summed E-state index contributed by atoms with van der Waals surface area (Å²) in [6.45, 7) is 2.34. The molecule has 20 heavy (non-hydrogen) atoms. The maximum absolute atomic E-state index is 11.1. The van der Waals surface area contributed by atoms with E-state index in [-0.39, 0.29) is 17.9 Å². The van der Waals surface area contributed by atoms with E-state index in [2.05, 4.69) is 11.9 Å². The number of thiazole rings is 1. The lowest BCUT2D eigenvalue weighted by Gasteiger charge is -2.08. The van der Waals surface area contributed by atoms with Crippen molar-refractivity contribution in [2.45, 2.75) is 26.4 Å². The van der Waals surface area contributed by atoms with Crippen LogP contribution in [0.4, 0.5) is 0 Å². The SMILES string of the molecule is CCCc1nc(COc2cc(Cl)ccc2C(=O)O)cs1. The molecule has 0 bridgehead atoms. The number of hydrogen-bond acceptors (Lipinski definition) is 4. The van der Waals surface area contributed by atoms with E-state index in [1.807, 2.05) is 5.38 Å². The first kappa shape index (κ1) is 14.8. The largest absolute Gasteiger partial charge is 0.486 e. The molecule has 0 unspecified atom stereocenters. The summed E-state index contributed by atoms with van der Waals surface area (Å²) in [6.07, 6.45) is 1.99. The van der Waals surface area contributed by atoms with Crippen molar-refractivity contribution in [2.24, 2.45) is 0 Å². The second-order valence-electron chi connectivity index (χ2n) is 4.22. The van der Waals surface area contributed by atoms with E-state index in [1.54, 1.807) is 11.3 Å². The lowest BCUT2D eigenvalue weighted by Crippen LogP contribution is -2.03. The van der Waals surface area contributed by atoms with Crippen LogP contribution in [0.15, 0.2) is 23.6 Å². The highest BCUT2D eigenvalue weighted by Crippen LogP contribution is 2.24. The minimum absolute atomic E-state index is 0.0958. The van der Waals surface area contributed by atoms with E-state index in [0.29, 0.717) is 5.02 Å². The monoisotopic (exact) mass is 311 g/mol. The number of aromatic carboxylic acids is 1. The van der Waals surface area contributed by atoms with Crippen LogP contribution in [0.1, 0.15) is 34.4 Å². The number of ether oxygens (including phenoxy) is 1. The van der Waals surface area contributed by atoms with E-state index in [1.165, 1.54) is 18.2 Å². The minimum atomic E-state index is -1.04. The maximum Gasteiger partial charge on any atom is 0.339 e. The minimum Gasteiger partial charge on any atom is -0.486 e. The van der Waals surface area contributed by atoms with Crippen molar-refractivity contribution < 1.29 is 14.6 Å². The van der Waals surface area contributed by atoms with Gasteiger partial charge in [-0.1, -0.05) is 18.5 Å². The molecule has 0 aliphatic heterocycles. The molecule has 1 heterocycles. The molecule has 0 spiro atoms. The number of aromatic nitrogens is 1. The van der Waals surface area contributed by atoms with E-state index in [0.717, 1.165) is 23.5 Å². The van der Waals surface area contributed by atoms with E-state index in [9.17, 15) is 4.79 Å². The fourth-order valence-corrected chi connectivity index (χ4v) is 2.73. The highest BCUT2D eigenvalue weighted by atomic mass is 35.5. The van der Waals surface area contributed by atoms with Crippen molar-refractivity contribution in [3.8, 4) is 5.75 Å². The molecule has 2 aromatic rings.